The molecule has 3 rings (SSSR count). The number of fused-ring (bicyclic) bond motifs is 1. The van der Waals surface area contributed by atoms with Crippen LogP contribution >= 0.6 is 0 Å². The molecule has 3 aromatic rings. The highest BCUT2D eigenvalue weighted by Gasteiger charge is 2.09. The lowest BCUT2D eigenvalue weighted by Crippen LogP contribution is -1.98. The van der Waals surface area contributed by atoms with E-state index >= 15 is 0 Å². The second-order valence-electron chi connectivity index (χ2n) is 4.80. The zero-order valence-corrected chi connectivity index (χ0v) is 11.8. The molecule has 1 aromatic heterocycles. The van der Waals surface area contributed by atoms with Gasteiger partial charge in [0.25, 0.3) is 0 Å². The molecule has 0 saturated heterocycles. The summed E-state index contributed by atoms with van der Waals surface area (Å²) in [7, 11) is 0. The molecule has 0 amide bonds. The molecule has 0 bridgehead atoms. The van der Waals surface area contributed by atoms with Crippen LogP contribution in [0, 0.1) is 0 Å². The highest BCUT2D eigenvalue weighted by Crippen LogP contribution is 2.24. The summed E-state index contributed by atoms with van der Waals surface area (Å²) in [4.78, 5) is 11.1. The van der Waals surface area contributed by atoms with Crippen LogP contribution in [0.1, 0.15) is 18.2 Å². The standard InChI is InChI=1S/C17H16N2O2/c1-2-16-15-9-8-14(10-17(15)19(12-20)18-16)21-11-13-6-4-3-5-7-13/h3-10,12H,2,11H2,1H3. The van der Waals surface area contributed by atoms with Crippen LogP contribution in [-0.2, 0) is 17.8 Å². The maximum absolute atomic E-state index is 11.1. The summed E-state index contributed by atoms with van der Waals surface area (Å²) in [5, 5.41) is 5.28. The van der Waals surface area contributed by atoms with Gasteiger partial charge in [-0.25, -0.2) is 4.68 Å². The SMILES string of the molecule is CCc1nn(C=O)c2cc(OCc3ccccc3)ccc12. The Bertz CT molecular complexity index is 763. The topological polar surface area (TPSA) is 44.1 Å². The van der Waals surface area contributed by atoms with E-state index in [1.54, 1.807) is 0 Å². The number of aromatic nitrogens is 2. The fourth-order valence-corrected chi connectivity index (χ4v) is 2.36. The van der Waals surface area contributed by atoms with Crippen molar-refractivity contribution >= 4 is 17.3 Å². The van der Waals surface area contributed by atoms with Crippen molar-refractivity contribution in [2.75, 3.05) is 0 Å². The van der Waals surface area contributed by atoms with Gasteiger partial charge >= 0.3 is 0 Å². The van der Waals surface area contributed by atoms with Gasteiger partial charge < -0.3 is 4.74 Å². The number of hydrogen-bond acceptors (Lipinski definition) is 3. The van der Waals surface area contributed by atoms with Gasteiger partial charge in [0.1, 0.15) is 12.4 Å². The molecular weight excluding hydrogens is 264 g/mol. The van der Waals surface area contributed by atoms with E-state index in [0.29, 0.717) is 6.61 Å². The molecule has 0 aliphatic rings. The molecule has 0 saturated carbocycles. The Morgan fingerprint density at radius 3 is 2.71 bits per heavy atom. The van der Waals surface area contributed by atoms with E-state index in [1.165, 1.54) is 4.68 Å². The van der Waals surface area contributed by atoms with E-state index in [2.05, 4.69) is 5.10 Å². The summed E-state index contributed by atoms with van der Waals surface area (Å²) in [5.74, 6) is 0.733. The summed E-state index contributed by atoms with van der Waals surface area (Å²) in [6.45, 7) is 2.53. The van der Waals surface area contributed by atoms with Crippen LogP contribution in [0.3, 0.4) is 0 Å². The molecule has 4 nitrogen and oxygen atoms in total. The Balaban J connectivity index is 1.88. The highest BCUT2D eigenvalue weighted by molar-refractivity contribution is 5.87. The minimum absolute atomic E-state index is 0.502. The highest BCUT2D eigenvalue weighted by atomic mass is 16.5. The van der Waals surface area contributed by atoms with Gasteiger partial charge in [-0.1, -0.05) is 37.3 Å². The first-order valence-electron chi connectivity index (χ1n) is 6.95. The van der Waals surface area contributed by atoms with Crippen LogP contribution in [0.15, 0.2) is 48.5 Å². The molecule has 0 fully saturated rings. The number of nitrogens with zero attached hydrogens (tertiary/aromatic N) is 2. The minimum Gasteiger partial charge on any atom is -0.489 e. The van der Waals surface area contributed by atoms with Crippen molar-refractivity contribution in [3.8, 4) is 5.75 Å². The van der Waals surface area contributed by atoms with Crippen molar-refractivity contribution in [2.45, 2.75) is 20.0 Å². The Kier molecular flexibility index (Phi) is 3.69. The molecule has 0 unspecified atom stereocenters. The number of rotatable bonds is 5. The predicted octanol–water partition coefficient (Wildman–Crippen LogP) is 3.22. The van der Waals surface area contributed by atoms with Crippen molar-refractivity contribution in [1.82, 2.24) is 9.78 Å². The number of benzene rings is 2. The minimum atomic E-state index is 0.502. The van der Waals surface area contributed by atoms with Gasteiger partial charge in [-0.2, -0.15) is 5.10 Å². The summed E-state index contributed by atoms with van der Waals surface area (Å²) >= 11 is 0. The van der Waals surface area contributed by atoms with E-state index in [0.717, 1.165) is 40.7 Å². The fourth-order valence-electron chi connectivity index (χ4n) is 2.36. The van der Waals surface area contributed by atoms with Gasteiger partial charge in [-0.05, 0) is 24.1 Å². The van der Waals surface area contributed by atoms with Gasteiger partial charge in [-0.3, -0.25) is 4.79 Å². The van der Waals surface area contributed by atoms with Crippen LogP contribution in [0.4, 0.5) is 0 Å². The van der Waals surface area contributed by atoms with Crippen LogP contribution in [0.5, 0.6) is 5.75 Å². The molecule has 0 aliphatic carbocycles. The molecule has 0 aliphatic heterocycles. The number of hydrogen-bond donors (Lipinski definition) is 0. The lowest BCUT2D eigenvalue weighted by atomic mass is 10.1. The van der Waals surface area contributed by atoms with Crippen molar-refractivity contribution in [3.05, 3.63) is 59.8 Å². The van der Waals surface area contributed by atoms with Gasteiger partial charge in [-0.15, -0.1) is 0 Å². The number of aryl methyl sites for hydroxylation is 1. The molecule has 2 aromatic carbocycles. The van der Waals surface area contributed by atoms with Gasteiger partial charge in [0, 0.05) is 11.5 Å². The van der Waals surface area contributed by atoms with E-state index in [4.69, 9.17) is 4.74 Å². The third-order valence-electron chi connectivity index (χ3n) is 3.44. The monoisotopic (exact) mass is 280 g/mol. The summed E-state index contributed by atoms with van der Waals surface area (Å²) in [6, 6.07) is 15.7. The average Bonchev–Trinajstić information content (AvgIpc) is 2.91. The Labute approximate surface area is 123 Å². The molecule has 0 spiro atoms. The van der Waals surface area contributed by atoms with Gasteiger partial charge in [0.15, 0.2) is 0 Å². The Morgan fingerprint density at radius 1 is 1.19 bits per heavy atom. The van der Waals surface area contributed by atoms with E-state index in [9.17, 15) is 4.79 Å². The largest absolute Gasteiger partial charge is 0.489 e. The second-order valence-corrected chi connectivity index (χ2v) is 4.80. The van der Waals surface area contributed by atoms with Crippen molar-refractivity contribution in [3.63, 3.8) is 0 Å². The molecule has 4 heteroatoms. The van der Waals surface area contributed by atoms with Crippen LogP contribution in [0.25, 0.3) is 10.9 Å². The van der Waals surface area contributed by atoms with E-state index < -0.39 is 0 Å². The second kappa shape index (κ2) is 5.79. The lowest BCUT2D eigenvalue weighted by Gasteiger charge is -2.06. The van der Waals surface area contributed by atoms with E-state index in [1.807, 2.05) is 55.5 Å². The third-order valence-corrected chi connectivity index (χ3v) is 3.44. The predicted molar refractivity (Wildman–Crippen MR) is 82.0 cm³/mol. The van der Waals surface area contributed by atoms with Crippen molar-refractivity contribution in [1.29, 1.82) is 0 Å². The van der Waals surface area contributed by atoms with Crippen LogP contribution < -0.4 is 4.74 Å². The van der Waals surface area contributed by atoms with Crippen LogP contribution in [-0.4, -0.2) is 16.2 Å². The van der Waals surface area contributed by atoms with Crippen molar-refractivity contribution in [2.24, 2.45) is 0 Å². The summed E-state index contributed by atoms with van der Waals surface area (Å²) in [5.41, 5.74) is 2.81. The molecular formula is C17H16N2O2. The fraction of sp³-hybridized carbons (Fsp3) is 0.176. The zero-order valence-electron chi connectivity index (χ0n) is 11.8. The first-order chi connectivity index (χ1) is 10.3. The molecule has 0 atom stereocenters. The van der Waals surface area contributed by atoms with Gasteiger partial charge in [0.05, 0.1) is 11.2 Å². The first-order valence-corrected chi connectivity index (χ1v) is 6.95. The Morgan fingerprint density at radius 2 is 2.00 bits per heavy atom. The molecule has 1 heterocycles. The number of carbonyl (C=O) groups is 1. The maximum atomic E-state index is 11.1. The van der Waals surface area contributed by atoms with E-state index in [-0.39, 0.29) is 0 Å². The average molecular weight is 280 g/mol. The lowest BCUT2D eigenvalue weighted by molar-refractivity contribution is 0.306. The quantitative estimate of drug-likeness (QED) is 0.674. The third kappa shape index (κ3) is 2.65. The normalized spacial score (nSPS) is 10.7. The van der Waals surface area contributed by atoms with Crippen molar-refractivity contribution < 1.29 is 9.53 Å². The Hall–Kier alpha value is -2.62. The maximum Gasteiger partial charge on any atom is 0.234 e. The molecule has 0 N–H and O–H groups in total. The number of carbonyl (C=O) groups excluding carboxylic acids is 1. The molecule has 0 radical (unpaired) electrons. The van der Waals surface area contributed by atoms with Crippen LogP contribution in [0.2, 0.25) is 0 Å². The first kappa shape index (κ1) is 13.4. The number of ether oxygens (including phenoxy) is 1. The molecule has 21 heavy (non-hydrogen) atoms. The summed E-state index contributed by atoms with van der Waals surface area (Å²) < 4.78 is 7.15. The van der Waals surface area contributed by atoms with Gasteiger partial charge in [0.2, 0.25) is 6.41 Å². The summed E-state index contributed by atoms with van der Waals surface area (Å²) in [6.07, 6.45) is 1.52. The zero-order chi connectivity index (χ0) is 14.7. The molecule has 106 valence electrons. The smallest absolute Gasteiger partial charge is 0.234 e.